The molecule has 0 aliphatic rings. The number of hydrogen-bond acceptors (Lipinski definition) is 2. The van der Waals surface area contributed by atoms with Gasteiger partial charge in [-0.1, -0.05) is 29.8 Å². The van der Waals surface area contributed by atoms with E-state index in [1.165, 1.54) is 7.11 Å². The number of esters is 1. The summed E-state index contributed by atoms with van der Waals surface area (Å²) in [7, 11) is 1.28. The van der Waals surface area contributed by atoms with Crippen LogP contribution in [0.15, 0.2) is 10.2 Å². The Balaban J connectivity index is 5.02. The molecular formula is C10H14BrNO2. The Bertz CT molecular complexity index is 274. The summed E-state index contributed by atoms with van der Waals surface area (Å²) >= 11 is 3.30. The van der Waals surface area contributed by atoms with Crippen molar-refractivity contribution in [2.24, 2.45) is 5.92 Å². The number of halogens is 1. The van der Waals surface area contributed by atoms with Gasteiger partial charge in [0.15, 0.2) is 0 Å². The molecule has 0 aromatic heterocycles. The third kappa shape index (κ3) is 3.15. The van der Waals surface area contributed by atoms with Crippen molar-refractivity contribution in [1.29, 1.82) is 0 Å². The fourth-order valence-electron chi connectivity index (χ4n) is 1.13. The van der Waals surface area contributed by atoms with Crippen LogP contribution in [0.25, 0.3) is 4.85 Å². The normalized spacial score (nSPS) is 12.0. The van der Waals surface area contributed by atoms with E-state index < -0.39 is 5.97 Å². The molecule has 3 nitrogen and oxygen atoms in total. The number of carbonyl (C=O) groups is 1. The number of allylic oxidation sites excluding steroid dienone is 1. The molecule has 4 heteroatoms. The predicted molar refractivity (Wildman–Crippen MR) is 58.6 cm³/mol. The van der Waals surface area contributed by atoms with E-state index in [4.69, 9.17) is 6.57 Å². The van der Waals surface area contributed by atoms with Crippen molar-refractivity contribution in [2.45, 2.75) is 26.7 Å². The maximum Gasteiger partial charge on any atom is 0.336 e. The van der Waals surface area contributed by atoms with Crippen molar-refractivity contribution in [3.05, 3.63) is 21.6 Å². The molecule has 0 aromatic carbocycles. The van der Waals surface area contributed by atoms with Gasteiger partial charge in [0, 0.05) is 4.48 Å². The minimum Gasteiger partial charge on any atom is -0.474 e. The highest BCUT2D eigenvalue weighted by Gasteiger charge is 2.19. The van der Waals surface area contributed by atoms with Crippen molar-refractivity contribution < 1.29 is 9.53 Å². The first-order chi connectivity index (χ1) is 6.62. The van der Waals surface area contributed by atoms with Crippen molar-refractivity contribution >= 4 is 21.9 Å². The summed E-state index contributed by atoms with van der Waals surface area (Å²) in [6.07, 6.45) is 1.79. The Labute approximate surface area is 93.1 Å². The van der Waals surface area contributed by atoms with E-state index in [1.807, 2.05) is 13.8 Å². The van der Waals surface area contributed by atoms with Crippen LogP contribution in [0, 0.1) is 12.5 Å². The first-order valence-electron chi connectivity index (χ1n) is 4.47. The van der Waals surface area contributed by atoms with Crippen molar-refractivity contribution in [2.75, 3.05) is 7.11 Å². The summed E-state index contributed by atoms with van der Waals surface area (Å²) in [5.74, 6) is -0.350. The van der Waals surface area contributed by atoms with E-state index in [-0.39, 0.29) is 11.6 Å². The zero-order valence-corrected chi connectivity index (χ0v) is 10.2. The monoisotopic (exact) mass is 259 g/mol. The minimum atomic E-state index is -0.571. The first-order valence-corrected chi connectivity index (χ1v) is 5.27. The van der Waals surface area contributed by atoms with E-state index >= 15 is 0 Å². The van der Waals surface area contributed by atoms with Gasteiger partial charge >= 0.3 is 5.97 Å². The van der Waals surface area contributed by atoms with Gasteiger partial charge in [-0.3, -0.25) is 4.79 Å². The number of nitrogens with zero attached hydrogens (tertiary/aromatic N) is 1. The Kier molecular flexibility index (Phi) is 6.22. The molecule has 0 bridgehead atoms. The van der Waals surface area contributed by atoms with Gasteiger partial charge < -0.3 is 4.74 Å². The third-order valence-electron chi connectivity index (χ3n) is 2.06. The van der Waals surface area contributed by atoms with Gasteiger partial charge in [0.25, 0.3) is 5.70 Å². The molecule has 0 saturated carbocycles. The molecule has 0 aromatic rings. The molecular weight excluding hydrogens is 246 g/mol. The van der Waals surface area contributed by atoms with Crippen molar-refractivity contribution in [3.63, 3.8) is 0 Å². The fraction of sp³-hybridized carbons (Fsp3) is 0.600. The molecule has 78 valence electrons. The Morgan fingerprint density at radius 1 is 1.50 bits per heavy atom. The maximum atomic E-state index is 11.2. The van der Waals surface area contributed by atoms with Crippen LogP contribution in [-0.4, -0.2) is 13.1 Å². The van der Waals surface area contributed by atoms with Gasteiger partial charge in [-0.05, 0) is 18.8 Å². The van der Waals surface area contributed by atoms with Crippen molar-refractivity contribution in [1.82, 2.24) is 0 Å². The van der Waals surface area contributed by atoms with Gasteiger partial charge in [0.05, 0.1) is 13.7 Å². The molecule has 0 rings (SSSR count). The number of rotatable bonds is 4. The summed E-state index contributed by atoms with van der Waals surface area (Å²) in [5.41, 5.74) is 0.0567. The van der Waals surface area contributed by atoms with Crippen LogP contribution >= 0.6 is 15.9 Å². The molecule has 0 atom stereocenters. The van der Waals surface area contributed by atoms with Crippen LogP contribution in [-0.2, 0) is 9.53 Å². The maximum absolute atomic E-state index is 11.2. The lowest BCUT2D eigenvalue weighted by atomic mass is 10.0. The summed E-state index contributed by atoms with van der Waals surface area (Å²) in [4.78, 5) is 14.4. The molecule has 0 radical (unpaired) electrons. The lowest BCUT2D eigenvalue weighted by Gasteiger charge is -2.12. The quantitative estimate of drug-likeness (QED) is 0.441. The summed E-state index contributed by atoms with van der Waals surface area (Å²) < 4.78 is 5.18. The molecule has 0 aliphatic carbocycles. The van der Waals surface area contributed by atoms with Crippen LogP contribution < -0.4 is 0 Å². The first kappa shape index (κ1) is 13.2. The second kappa shape index (κ2) is 6.61. The molecule has 0 N–H and O–H groups in total. The molecule has 14 heavy (non-hydrogen) atoms. The van der Waals surface area contributed by atoms with Gasteiger partial charge in [-0.15, -0.1) is 0 Å². The molecule has 0 aliphatic heterocycles. The Morgan fingerprint density at radius 2 is 2.00 bits per heavy atom. The predicted octanol–water partition coefficient (Wildman–Crippen LogP) is 3.12. The van der Waals surface area contributed by atoms with Gasteiger partial charge in [0.1, 0.15) is 0 Å². The lowest BCUT2D eigenvalue weighted by Crippen LogP contribution is -2.07. The van der Waals surface area contributed by atoms with E-state index in [0.717, 1.165) is 12.8 Å². The number of carbonyl (C=O) groups excluding carboxylic acids is 1. The zero-order valence-electron chi connectivity index (χ0n) is 8.63. The molecule has 0 spiro atoms. The van der Waals surface area contributed by atoms with Crippen LogP contribution in [0.2, 0.25) is 0 Å². The number of ether oxygens (including phenoxy) is 1. The van der Waals surface area contributed by atoms with E-state index in [0.29, 0.717) is 4.48 Å². The highest BCUT2D eigenvalue weighted by Crippen LogP contribution is 2.28. The van der Waals surface area contributed by atoms with E-state index in [1.54, 1.807) is 0 Å². The van der Waals surface area contributed by atoms with Crippen LogP contribution in [0.5, 0.6) is 0 Å². The zero-order chi connectivity index (χ0) is 11.1. The third-order valence-corrected chi connectivity index (χ3v) is 3.08. The van der Waals surface area contributed by atoms with E-state index in [2.05, 4.69) is 25.5 Å². The van der Waals surface area contributed by atoms with Crippen LogP contribution in [0.1, 0.15) is 26.7 Å². The van der Waals surface area contributed by atoms with Gasteiger partial charge in [-0.25, -0.2) is 4.85 Å². The molecule has 0 amide bonds. The van der Waals surface area contributed by atoms with Gasteiger partial charge in [-0.2, -0.15) is 0 Å². The number of methoxy groups -OCH3 is 1. The molecule has 0 fully saturated rings. The topological polar surface area (TPSA) is 30.7 Å². The van der Waals surface area contributed by atoms with Crippen molar-refractivity contribution in [3.8, 4) is 0 Å². The molecule has 0 saturated heterocycles. The minimum absolute atomic E-state index is 0.0567. The molecule has 0 heterocycles. The van der Waals surface area contributed by atoms with Crippen LogP contribution in [0.3, 0.4) is 0 Å². The number of hydrogen-bond donors (Lipinski definition) is 0. The smallest absolute Gasteiger partial charge is 0.336 e. The van der Waals surface area contributed by atoms with Gasteiger partial charge in [0.2, 0.25) is 0 Å². The summed E-state index contributed by atoms with van der Waals surface area (Å²) in [6.45, 7) is 10.9. The van der Waals surface area contributed by atoms with Crippen LogP contribution in [0.4, 0.5) is 0 Å². The molecule has 0 unspecified atom stereocenters. The lowest BCUT2D eigenvalue weighted by molar-refractivity contribution is -0.135. The fourth-order valence-corrected chi connectivity index (χ4v) is 2.03. The standard InChI is InChI=1S/C10H14BrNO2/c1-5-7(6-2)8(11)9(12-3)10(13)14-4/h7H,5-6H2,1-2,4H3/b9-8-. The SMILES string of the molecule is [C-]#[N+]/C(C(=O)OC)=C(\Br)C(CC)CC. The Morgan fingerprint density at radius 3 is 2.29 bits per heavy atom. The van der Waals surface area contributed by atoms with E-state index in [9.17, 15) is 4.79 Å². The Hall–Kier alpha value is -0.820. The summed E-state index contributed by atoms with van der Waals surface area (Å²) in [5, 5.41) is 0. The second-order valence-corrected chi connectivity index (χ2v) is 3.67. The summed E-state index contributed by atoms with van der Waals surface area (Å²) in [6, 6.07) is 0. The second-order valence-electron chi connectivity index (χ2n) is 2.81. The highest BCUT2D eigenvalue weighted by molar-refractivity contribution is 9.11. The highest BCUT2D eigenvalue weighted by atomic mass is 79.9. The largest absolute Gasteiger partial charge is 0.474 e. The average molecular weight is 260 g/mol. The average Bonchev–Trinajstić information content (AvgIpc) is 2.20.